The highest BCUT2D eigenvalue weighted by atomic mass is 32.1. The minimum absolute atomic E-state index is 0.0946. The summed E-state index contributed by atoms with van der Waals surface area (Å²) in [6.07, 6.45) is 3.65. The summed E-state index contributed by atoms with van der Waals surface area (Å²) in [5.41, 5.74) is 1.02. The molecule has 0 aliphatic rings. The Morgan fingerprint density at radius 2 is 2.18 bits per heavy atom. The molecule has 2 N–H and O–H groups in total. The molecule has 0 atom stereocenters. The zero-order chi connectivity index (χ0) is 12.4. The number of hydrogen-bond donors (Lipinski definition) is 2. The van der Waals surface area contributed by atoms with Gasteiger partial charge in [-0.3, -0.25) is 14.6 Å². The first-order chi connectivity index (χ1) is 8.06. The van der Waals surface area contributed by atoms with Crippen molar-refractivity contribution in [2.24, 2.45) is 7.05 Å². The maximum absolute atomic E-state index is 11.6. The highest BCUT2D eigenvalue weighted by molar-refractivity contribution is 7.71. The molecule has 17 heavy (non-hydrogen) atoms. The lowest BCUT2D eigenvalue weighted by Crippen LogP contribution is -2.17. The van der Waals surface area contributed by atoms with Crippen LogP contribution in [0.1, 0.15) is 11.1 Å². The Labute approximate surface area is 102 Å². The Bertz CT molecular complexity index is 711. The smallest absolute Gasteiger partial charge is 0.255 e. The van der Waals surface area contributed by atoms with E-state index in [0.717, 1.165) is 5.56 Å². The number of aromatic nitrogens is 3. The van der Waals surface area contributed by atoms with E-state index >= 15 is 0 Å². The maximum atomic E-state index is 11.6. The van der Waals surface area contributed by atoms with Crippen LogP contribution in [0.4, 0.5) is 0 Å². The van der Waals surface area contributed by atoms with Crippen LogP contribution >= 0.6 is 12.2 Å². The summed E-state index contributed by atoms with van der Waals surface area (Å²) in [4.78, 5) is 28.3. The van der Waals surface area contributed by atoms with Gasteiger partial charge in [-0.15, -0.1) is 0 Å². The molecule has 0 radical (unpaired) electrons. The molecule has 0 aromatic carbocycles. The summed E-state index contributed by atoms with van der Waals surface area (Å²) in [6.45, 7) is 0. The van der Waals surface area contributed by atoms with Gasteiger partial charge in [0.25, 0.3) is 11.1 Å². The van der Waals surface area contributed by atoms with Crippen molar-refractivity contribution in [2.45, 2.75) is 6.42 Å². The van der Waals surface area contributed by atoms with Gasteiger partial charge in [-0.1, -0.05) is 0 Å². The van der Waals surface area contributed by atoms with Crippen molar-refractivity contribution in [1.82, 2.24) is 14.5 Å². The Morgan fingerprint density at radius 1 is 1.41 bits per heavy atom. The van der Waals surface area contributed by atoms with Crippen LogP contribution in [0.3, 0.4) is 0 Å². The normalized spacial score (nSPS) is 10.4. The van der Waals surface area contributed by atoms with Crippen LogP contribution in [-0.2, 0) is 13.5 Å². The number of pyridine rings is 1. The van der Waals surface area contributed by atoms with Gasteiger partial charge in [-0.25, -0.2) is 0 Å². The Morgan fingerprint density at radius 3 is 2.82 bits per heavy atom. The van der Waals surface area contributed by atoms with Crippen LogP contribution < -0.4 is 11.1 Å². The molecule has 2 rings (SSSR count). The summed E-state index contributed by atoms with van der Waals surface area (Å²) >= 11 is 4.80. The van der Waals surface area contributed by atoms with E-state index in [1.54, 1.807) is 19.4 Å². The second-order valence-corrected chi connectivity index (χ2v) is 4.17. The molecule has 2 heterocycles. The Kier molecular flexibility index (Phi) is 3.06. The minimum atomic E-state index is -0.227. The van der Waals surface area contributed by atoms with Crippen LogP contribution in [0.5, 0.6) is 0 Å². The van der Waals surface area contributed by atoms with Gasteiger partial charge >= 0.3 is 0 Å². The molecule has 2 aromatic heterocycles. The van der Waals surface area contributed by atoms with Gasteiger partial charge in [-0.2, -0.15) is 0 Å². The van der Waals surface area contributed by atoms with Gasteiger partial charge in [0.2, 0.25) is 0 Å². The topological polar surface area (TPSA) is 70.7 Å². The van der Waals surface area contributed by atoms with Crippen LogP contribution in [0, 0.1) is 4.77 Å². The van der Waals surface area contributed by atoms with Crippen LogP contribution in [-0.4, -0.2) is 14.5 Å². The van der Waals surface area contributed by atoms with E-state index in [4.69, 9.17) is 12.2 Å². The average molecular weight is 249 g/mol. The van der Waals surface area contributed by atoms with E-state index in [2.05, 4.69) is 9.97 Å². The average Bonchev–Trinajstić information content (AvgIpc) is 2.27. The summed E-state index contributed by atoms with van der Waals surface area (Å²) in [6, 6.07) is 3.32. The SMILES string of the molecule is Cn1ccc(Cc2c[nH]c(=S)[nH]c2=O)cc1=O. The lowest BCUT2D eigenvalue weighted by molar-refractivity contribution is 0.851. The Balaban J connectivity index is 2.38. The molecule has 88 valence electrons. The minimum Gasteiger partial charge on any atom is -0.338 e. The summed E-state index contributed by atoms with van der Waals surface area (Å²) in [5, 5.41) is 0. The highest BCUT2D eigenvalue weighted by Gasteiger charge is 2.02. The molecular weight excluding hydrogens is 238 g/mol. The molecule has 5 nitrogen and oxygen atoms in total. The maximum Gasteiger partial charge on any atom is 0.255 e. The van der Waals surface area contributed by atoms with Gasteiger partial charge in [0, 0.05) is 37.5 Å². The first kappa shape index (κ1) is 11.5. The van der Waals surface area contributed by atoms with E-state index in [1.807, 2.05) is 6.07 Å². The molecule has 6 heteroatoms. The van der Waals surface area contributed by atoms with Crippen LogP contribution in [0.2, 0.25) is 0 Å². The van der Waals surface area contributed by atoms with E-state index in [0.29, 0.717) is 16.8 Å². The van der Waals surface area contributed by atoms with Crippen molar-refractivity contribution in [3.63, 3.8) is 0 Å². The first-order valence-electron chi connectivity index (χ1n) is 5.03. The molecule has 0 bridgehead atoms. The van der Waals surface area contributed by atoms with Crippen molar-refractivity contribution >= 4 is 12.2 Å². The lowest BCUT2D eigenvalue weighted by atomic mass is 10.1. The van der Waals surface area contributed by atoms with Crippen molar-refractivity contribution in [3.8, 4) is 0 Å². The summed E-state index contributed by atoms with van der Waals surface area (Å²) < 4.78 is 1.77. The van der Waals surface area contributed by atoms with Gasteiger partial charge in [-0.05, 0) is 23.8 Å². The van der Waals surface area contributed by atoms with E-state index in [9.17, 15) is 9.59 Å². The van der Waals surface area contributed by atoms with Gasteiger partial charge in [0.1, 0.15) is 0 Å². The quantitative estimate of drug-likeness (QED) is 0.770. The third-order valence-electron chi connectivity index (χ3n) is 2.46. The van der Waals surface area contributed by atoms with Crippen molar-refractivity contribution in [3.05, 3.63) is 61.1 Å². The zero-order valence-electron chi connectivity index (χ0n) is 9.19. The molecule has 0 amide bonds. The number of aryl methyl sites for hydroxylation is 1. The van der Waals surface area contributed by atoms with E-state index in [-0.39, 0.29) is 11.1 Å². The number of aromatic amines is 2. The molecule has 0 aliphatic heterocycles. The fourth-order valence-electron chi connectivity index (χ4n) is 1.49. The predicted octanol–water partition coefficient (Wildman–Crippen LogP) is 0.722. The largest absolute Gasteiger partial charge is 0.338 e. The molecule has 0 saturated carbocycles. The number of H-pyrrole nitrogens is 2. The summed E-state index contributed by atoms with van der Waals surface area (Å²) in [5.74, 6) is 0. The predicted molar refractivity (Wildman–Crippen MR) is 66.7 cm³/mol. The molecule has 0 fully saturated rings. The lowest BCUT2D eigenvalue weighted by Gasteiger charge is -2.02. The van der Waals surface area contributed by atoms with E-state index < -0.39 is 0 Å². The first-order valence-corrected chi connectivity index (χ1v) is 5.43. The second kappa shape index (κ2) is 4.50. The zero-order valence-corrected chi connectivity index (χ0v) is 10.0. The number of hydrogen-bond acceptors (Lipinski definition) is 3. The second-order valence-electron chi connectivity index (χ2n) is 3.76. The molecule has 0 unspecified atom stereocenters. The van der Waals surface area contributed by atoms with E-state index in [1.165, 1.54) is 10.6 Å². The van der Waals surface area contributed by atoms with Gasteiger partial charge in [0.15, 0.2) is 4.77 Å². The fourth-order valence-corrected chi connectivity index (χ4v) is 1.64. The molecule has 0 aliphatic carbocycles. The number of nitrogens with one attached hydrogen (secondary N) is 2. The molecule has 0 saturated heterocycles. The molecule has 0 spiro atoms. The molecule has 2 aromatic rings. The van der Waals surface area contributed by atoms with Crippen molar-refractivity contribution in [2.75, 3.05) is 0 Å². The van der Waals surface area contributed by atoms with Crippen molar-refractivity contribution in [1.29, 1.82) is 0 Å². The number of nitrogens with zero attached hydrogens (tertiary/aromatic N) is 1. The van der Waals surface area contributed by atoms with Gasteiger partial charge < -0.3 is 9.55 Å². The standard InChI is InChI=1S/C11H11N3O2S/c1-14-3-2-7(5-9(14)15)4-8-6-12-11(17)13-10(8)16/h2-3,5-6H,4H2,1H3,(H2,12,13,16,17). The fraction of sp³-hybridized carbons (Fsp3) is 0.182. The number of rotatable bonds is 2. The third kappa shape index (κ3) is 2.59. The Hall–Kier alpha value is -1.95. The molecular formula is C11H11N3O2S. The van der Waals surface area contributed by atoms with Crippen LogP contribution in [0.25, 0.3) is 0 Å². The highest BCUT2D eigenvalue weighted by Crippen LogP contribution is 2.01. The monoisotopic (exact) mass is 249 g/mol. The third-order valence-corrected chi connectivity index (χ3v) is 2.68. The summed E-state index contributed by atoms with van der Waals surface area (Å²) in [7, 11) is 1.68. The van der Waals surface area contributed by atoms with Crippen molar-refractivity contribution < 1.29 is 0 Å². The van der Waals surface area contributed by atoms with Gasteiger partial charge in [0.05, 0.1) is 0 Å². The van der Waals surface area contributed by atoms with Crippen LogP contribution in [0.15, 0.2) is 34.1 Å².